The molecular formula is C17H24N6O2. The normalized spacial score (nSPS) is 13.2. The molecule has 1 aliphatic carbocycles. The van der Waals surface area contributed by atoms with E-state index in [1.807, 2.05) is 32.0 Å². The zero-order valence-corrected chi connectivity index (χ0v) is 14.9. The van der Waals surface area contributed by atoms with Crippen LogP contribution in [0.4, 0.5) is 11.6 Å². The molecule has 8 heteroatoms. The van der Waals surface area contributed by atoms with Gasteiger partial charge >= 0.3 is 0 Å². The smallest absolute Gasteiger partial charge is 0.273 e. The molecule has 0 unspecified atom stereocenters. The fourth-order valence-corrected chi connectivity index (χ4v) is 2.89. The maximum absolute atomic E-state index is 12.3. The first kappa shape index (κ1) is 17.2. The number of nitrogens with zero attached hydrogens (tertiary/aromatic N) is 4. The Morgan fingerprint density at radius 2 is 2.04 bits per heavy atom. The average molecular weight is 344 g/mol. The van der Waals surface area contributed by atoms with Crippen molar-refractivity contribution in [1.82, 2.24) is 20.4 Å². The minimum Gasteiger partial charge on any atom is -0.368 e. The van der Waals surface area contributed by atoms with Gasteiger partial charge in [0.1, 0.15) is 23.2 Å². The summed E-state index contributed by atoms with van der Waals surface area (Å²) in [6, 6.07) is 1.88. The molecule has 2 heterocycles. The number of nitrogens with one attached hydrogen (secondary N) is 2. The van der Waals surface area contributed by atoms with Gasteiger partial charge in [-0.3, -0.25) is 4.79 Å². The van der Waals surface area contributed by atoms with Crippen LogP contribution in [0.1, 0.15) is 40.5 Å². The van der Waals surface area contributed by atoms with Crippen LogP contribution in [0.15, 0.2) is 10.6 Å². The number of hydrogen-bond donors (Lipinski definition) is 2. The molecule has 1 amide bonds. The molecule has 0 fully saturated rings. The third-order valence-electron chi connectivity index (χ3n) is 4.16. The predicted octanol–water partition coefficient (Wildman–Crippen LogP) is 1.56. The lowest BCUT2D eigenvalue weighted by molar-refractivity contribution is 0.0945. The lowest BCUT2D eigenvalue weighted by atomic mass is 9.96. The SMILES string of the molecule is Cc1nc(NCCNC(=O)c2noc3c2CCCC3)cc(N(C)C)n1. The van der Waals surface area contributed by atoms with Crippen molar-refractivity contribution in [3.63, 3.8) is 0 Å². The number of carbonyl (C=O) groups excluding carboxylic acids is 1. The summed E-state index contributed by atoms with van der Waals surface area (Å²) in [4.78, 5) is 22.9. The van der Waals surface area contributed by atoms with Gasteiger partial charge in [0.25, 0.3) is 5.91 Å². The van der Waals surface area contributed by atoms with Crippen molar-refractivity contribution in [1.29, 1.82) is 0 Å². The summed E-state index contributed by atoms with van der Waals surface area (Å²) in [5.41, 5.74) is 1.40. The van der Waals surface area contributed by atoms with E-state index in [1.54, 1.807) is 0 Å². The van der Waals surface area contributed by atoms with Crippen molar-refractivity contribution in [2.75, 3.05) is 37.4 Å². The Bertz CT molecular complexity index is 756. The van der Waals surface area contributed by atoms with Gasteiger partial charge in [-0.05, 0) is 26.2 Å². The molecule has 0 aromatic carbocycles. The number of anilines is 2. The van der Waals surface area contributed by atoms with Crippen LogP contribution in [-0.4, -0.2) is 48.2 Å². The van der Waals surface area contributed by atoms with Crippen molar-refractivity contribution in [2.24, 2.45) is 0 Å². The van der Waals surface area contributed by atoms with Crippen molar-refractivity contribution in [2.45, 2.75) is 32.6 Å². The highest BCUT2D eigenvalue weighted by Gasteiger charge is 2.23. The van der Waals surface area contributed by atoms with Gasteiger partial charge in [0.15, 0.2) is 5.69 Å². The molecule has 2 aromatic rings. The van der Waals surface area contributed by atoms with E-state index in [9.17, 15) is 4.79 Å². The molecule has 2 N–H and O–H groups in total. The van der Waals surface area contributed by atoms with E-state index in [1.165, 1.54) is 0 Å². The fourth-order valence-electron chi connectivity index (χ4n) is 2.89. The molecule has 3 rings (SSSR count). The van der Waals surface area contributed by atoms with Crippen LogP contribution < -0.4 is 15.5 Å². The fraction of sp³-hybridized carbons (Fsp3) is 0.529. The van der Waals surface area contributed by atoms with E-state index < -0.39 is 0 Å². The summed E-state index contributed by atoms with van der Waals surface area (Å²) >= 11 is 0. The minimum atomic E-state index is -0.179. The van der Waals surface area contributed by atoms with Gasteiger partial charge in [-0.15, -0.1) is 0 Å². The second-order valence-electron chi connectivity index (χ2n) is 6.38. The zero-order valence-electron chi connectivity index (χ0n) is 14.9. The Balaban J connectivity index is 1.52. The lowest BCUT2D eigenvalue weighted by Gasteiger charge is -2.14. The molecule has 134 valence electrons. The standard InChI is InChI=1S/C17H24N6O2/c1-11-20-14(10-15(21-11)23(2)3)18-8-9-19-17(24)16-12-6-4-5-7-13(12)25-22-16/h10H,4-9H2,1-3H3,(H,19,24)(H,18,20,21). The predicted molar refractivity (Wildman–Crippen MR) is 95.1 cm³/mol. The quantitative estimate of drug-likeness (QED) is 0.768. The van der Waals surface area contributed by atoms with Gasteiger partial charge in [-0.1, -0.05) is 5.16 Å². The van der Waals surface area contributed by atoms with Crippen LogP contribution >= 0.6 is 0 Å². The lowest BCUT2D eigenvalue weighted by Crippen LogP contribution is -2.30. The highest BCUT2D eigenvalue weighted by atomic mass is 16.5. The van der Waals surface area contributed by atoms with Crippen LogP contribution in [0.3, 0.4) is 0 Å². The Hall–Kier alpha value is -2.64. The number of rotatable bonds is 6. The number of aromatic nitrogens is 3. The number of aryl methyl sites for hydroxylation is 2. The number of fused-ring (bicyclic) bond motifs is 1. The zero-order chi connectivity index (χ0) is 17.8. The third kappa shape index (κ3) is 4.07. The van der Waals surface area contributed by atoms with E-state index in [2.05, 4.69) is 25.8 Å². The molecule has 0 radical (unpaired) electrons. The molecule has 8 nitrogen and oxygen atoms in total. The van der Waals surface area contributed by atoms with Crippen LogP contribution in [0.2, 0.25) is 0 Å². The summed E-state index contributed by atoms with van der Waals surface area (Å²) in [6.45, 7) is 2.89. The Morgan fingerprint density at radius 3 is 2.84 bits per heavy atom. The maximum Gasteiger partial charge on any atom is 0.273 e. The largest absolute Gasteiger partial charge is 0.368 e. The number of carbonyl (C=O) groups is 1. The first-order valence-corrected chi connectivity index (χ1v) is 8.57. The topological polar surface area (TPSA) is 96.2 Å². The number of hydrogen-bond acceptors (Lipinski definition) is 7. The summed E-state index contributed by atoms with van der Waals surface area (Å²) < 4.78 is 5.28. The second-order valence-corrected chi connectivity index (χ2v) is 6.38. The molecule has 0 bridgehead atoms. The Morgan fingerprint density at radius 1 is 1.24 bits per heavy atom. The summed E-state index contributed by atoms with van der Waals surface area (Å²) in [6.07, 6.45) is 3.92. The number of amides is 1. The van der Waals surface area contributed by atoms with Gasteiger partial charge < -0.3 is 20.1 Å². The highest BCUT2D eigenvalue weighted by molar-refractivity contribution is 5.93. The highest BCUT2D eigenvalue weighted by Crippen LogP contribution is 2.24. The maximum atomic E-state index is 12.3. The molecule has 0 saturated heterocycles. The van der Waals surface area contributed by atoms with Crippen LogP contribution in [-0.2, 0) is 12.8 Å². The van der Waals surface area contributed by atoms with Crippen LogP contribution in [0.25, 0.3) is 0 Å². The monoisotopic (exact) mass is 344 g/mol. The Kier molecular flexibility index (Phi) is 5.16. The van der Waals surface area contributed by atoms with Gasteiger partial charge in [-0.25, -0.2) is 9.97 Å². The van der Waals surface area contributed by atoms with E-state index in [0.29, 0.717) is 24.6 Å². The van der Waals surface area contributed by atoms with E-state index in [-0.39, 0.29) is 5.91 Å². The van der Waals surface area contributed by atoms with Crippen molar-refractivity contribution >= 4 is 17.5 Å². The summed E-state index contributed by atoms with van der Waals surface area (Å²) in [7, 11) is 3.87. The summed E-state index contributed by atoms with van der Waals surface area (Å²) in [5.74, 6) is 2.97. The van der Waals surface area contributed by atoms with E-state index >= 15 is 0 Å². The van der Waals surface area contributed by atoms with Crippen molar-refractivity contribution in [3.05, 3.63) is 28.9 Å². The summed E-state index contributed by atoms with van der Waals surface area (Å²) in [5, 5.41) is 10.0. The molecule has 25 heavy (non-hydrogen) atoms. The minimum absolute atomic E-state index is 0.179. The Labute approximate surface area is 147 Å². The molecule has 0 aliphatic heterocycles. The van der Waals surface area contributed by atoms with Gasteiger partial charge in [0.2, 0.25) is 0 Å². The van der Waals surface area contributed by atoms with Crippen molar-refractivity contribution in [3.8, 4) is 0 Å². The molecule has 2 aromatic heterocycles. The van der Waals surface area contributed by atoms with Gasteiger partial charge in [0, 0.05) is 45.2 Å². The van der Waals surface area contributed by atoms with Crippen LogP contribution in [0.5, 0.6) is 0 Å². The molecular weight excluding hydrogens is 320 g/mol. The van der Waals surface area contributed by atoms with Crippen molar-refractivity contribution < 1.29 is 9.32 Å². The first-order valence-electron chi connectivity index (χ1n) is 8.57. The first-order chi connectivity index (χ1) is 12.0. The molecule has 0 atom stereocenters. The average Bonchev–Trinajstić information content (AvgIpc) is 3.02. The van der Waals surface area contributed by atoms with Gasteiger partial charge in [-0.2, -0.15) is 0 Å². The van der Waals surface area contributed by atoms with E-state index in [0.717, 1.165) is 48.6 Å². The van der Waals surface area contributed by atoms with Crippen LogP contribution in [0, 0.1) is 6.92 Å². The molecule has 1 aliphatic rings. The van der Waals surface area contributed by atoms with E-state index in [4.69, 9.17) is 4.52 Å². The molecule has 0 spiro atoms. The van der Waals surface area contributed by atoms with Gasteiger partial charge in [0.05, 0.1) is 0 Å². The third-order valence-corrected chi connectivity index (χ3v) is 4.16. The second kappa shape index (κ2) is 7.50. The molecule has 0 saturated carbocycles.